The number of fused-ring (bicyclic) bond motifs is 4. The zero-order chi connectivity index (χ0) is 17.0. The van der Waals surface area contributed by atoms with E-state index in [1.54, 1.807) is 0 Å². The van der Waals surface area contributed by atoms with E-state index in [1.165, 1.54) is 35.0 Å². The summed E-state index contributed by atoms with van der Waals surface area (Å²) in [6.07, 6.45) is 4.50. The molecule has 1 saturated heterocycles. The fourth-order valence-corrected chi connectivity index (χ4v) is 5.07. The average Bonchev–Trinajstić information content (AvgIpc) is 3.21. The molecule has 1 aliphatic carbocycles. The van der Waals surface area contributed by atoms with Crippen LogP contribution in [0.4, 0.5) is 0 Å². The van der Waals surface area contributed by atoms with Crippen LogP contribution in [0.5, 0.6) is 0 Å². The Labute approximate surface area is 148 Å². The molecule has 3 heterocycles. The normalized spacial score (nSPS) is 31.8. The Morgan fingerprint density at radius 1 is 1.20 bits per heavy atom. The highest BCUT2D eigenvalue weighted by atomic mass is 16.2. The van der Waals surface area contributed by atoms with Gasteiger partial charge >= 0.3 is 0 Å². The molecule has 3 aliphatic rings. The van der Waals surface area contributed by atoms with E-state index >= 15 is 0 Å². The van der Waals surface area contributed by atoms with Gasteiger partial charge in [0.05, 0.1) is 0 Å². The van der Waals surface area contributed by atoms with Gasteiger partial charge in [-0.1, -0.05) is 25.1 Å². The van der Waals surface area contributed by atoms with Gasteiger partial charge in [-0.25, -0.2) is 5.43 Å². The first-order valence-electron chi connectivity index (χ1n) is 9.59. The smallest absolute Gasteiger partial charge is 0.241 e. The number of benzene rings is 1. The fourth-order valence-electron chi connectivity index (χ4n) is 5.07. The number of carbonyl (C=O) groups excluding carboxylic acids is 1. The number of hydrogen-bond donors (Lipinski definition) is 3. The molecule has 132 valence electrons. The topological polar surface area (TPSA) is 60.2 Å². The quantitative estimate of drug-likeness (QED) is 0.748. The van der Waals surface area contributed by atoms with Crippen molar-refractivity contribution in [1.82, 2.24) is 20.7 Å². The molecule has 5 heteroatoms. The maximum Gasteiger partial charge on any atom is 0.241 e. The van der Waals surface area contributed by atoms with Gasteiger partial charge < -0.3 is 9.88 Å². The van der Waals surface area contributed by atoms with Crippen LogP contribution in [0.25, 0.3) is 10.9 Å². The van der Waals surface area contributed by atoms with E-state index in [2.05, 4.69) is 51.9 Å². The van der Waals surface area contributed by atoms with E-state index in [-0.39, 0.29) is 11.9 Å². The monoisotopic (exact) mass is 338 g/mol. The number of nitrogens with zero attached hydrogens (tertiary/aromatic N) is 1. The molecular formula is C20H26N4O. The van der Waals surface area contributed by atoms with Gasteiger partial charge in [-0.15, -0.1) is 0 Å². The summed E-state index contributed by atoms with van der Waals surface area (Å²) in [6.45, 7) is 3.85. The van der Waals surface area contributed by atoms with Gasteiger partial charge in [-0.2, -0.15) is 0 Å². The molecule has 0 spiro atoms. The fraction of sp³-hybridized carbons (Fsp3) is 0.550. The Morgan fingerprint density at radius 2 is 2.08 bits per heavy atom. The van der Waals surface area contributed by atoms with Crippen molar-refractivity contribution in [3.05, 3.63) is 35.5 Å². The summed E-state index contributed by atoms with van der Waals surface area (Å²) in [6, 6.07) is 8.81. The lowest BCUT2D eigenvalue weighted by atomic mass is 9.76. The zero-order valence-electron chi connectivity index (χ0n) is 14.7. The van der Waals surface area contributed by atoms with Crippen LogP contribution in [0.1, 0.15) is 37.4 Å². The van der Waals surface area contributed by atoms with E-state index in [0.29, 0.717) is 12.0 Å². The van der Waals surface area contributed by atoms with Crippen LogP contribution >= 0.6 is 0 Å². The lowest BCUT2D eigenvalue weighted by Crippen LogP contribution is -2.49. The van der Waals surface area contributed by atoms with Crippen molar-refractivity contribution in [3.8, 4) is 0 Å². The van der Waals surface area contributed by atoms with Crippen LogP contribution in [-0.2, 0) is 17.8 Å². The molecule has 0 radical (unpaired) electrons. The summed E-state index contributed by atoms with van der Waals surface area (Å²) < 4.78 is 0. The van der Waals surface area contributed by atoms with Crippen molar-refractivity contribution in [1.29, 1.82) is 0 Å². The number of hydrazine groups is 1. The van der Waals surface area contributed by atoms with Gasteiger partial charge in [0.1, 0.15) is 6.04 Å². The molecule has 25 heavy (non-hydrogen) atoms. The number of aromatic amines is 1. The number of nitrogens with one attached hydrogen (secondary N) is 3. The summed E-state index contributed by atoms with van der Waals surface area (Å²) in [5, 5.41) is 1.26. The molecule has 1 saturated carbocycles. The van der Waals surface area contributed by atoms with Gasteiger partial charge in [-0.05, 0) is 31.2 Å². The minimum Gasteiger partial charge on any atom is -0.358 e. The molecule has 2 aliphatic heterocycles. The maximum absolute atomic E-state index is 13.2. The maximum atomic E-state index is 13.2. The second-order valence-electron chi connectivity index (χ2n) is 8.09. The van der Waals surface area contributed by atoms with E-state index in [4.69, 9.17) is 0 Å². The molecule has 4 unspecified atom stereocenters. The van der Waals surface area contributed by atoms with Gasteiger partial charge in [0.2, 0.25) is 5.91 Å². The highest BCUT2D eigenvalue weighted by Gasteiger charge is 2.44. The second-order valence-corrected chi connectivity index (χ2v) is 8.09. The number of hydrogen-bond acceptors (Lipinski definition) is 3. The first-order valence-corrected chi connectivity index (χ1v) is 9.59. The van der Waals surface area contributed by atoms with E-state index in [1.807, 2.05) is 0 Å². The van der Waals surface area contributed by atoms with E-state index < -0.39 is 0 Å². The average molecular weight is 338 g/mol. The van der Waals surface area contributed by atoms with Crippen LogP contribution in [0.2, 0.25) is 0 Å². The molecular weight excluding hydrogens is 312 g/mol. The largest absolute Gasteiger partial charge is 0.358 e. The molecule has 1 aromatic carbocycles. The highest BCUT2D eigenvalue weighted by Crippen LogP contribution is 2.35. The highest BCUT2D eigenvalue weighted by molar-refractivity contribution is 5.87. The first kappa shape index (κ1) is 15.4. The third-order valence-corrected chi connectivity index (χ3v) is 6.47. The molecule has 2 aromatic rings. The zero-order valence-corrected chi connectivity index (χ0v) is 14.7. The van der Waals surface area contributed by atoms with Gasteiger partial charge in [0.25, 0.3) is 0 Å². The molecule has 1 aromatic heterocycles. The van der Waals surface area contributed by atoms with Crippen molar-refractivity contribution in [3.63, 3.8) is 0 Å². The minimum atomic E-state index is -0.0699. The Morgan fingerprint density at radius 3 is 3.00 bits per heavy atom. The van der Waals surface area contributed by atoms with Crippen molar-refractivity contribution < 1.29 is 4.79 Å². The number of rotatable bonds is 1. The summed E-state index contributed by atoms with van der Waals surface area (Å²) in [5.74, 6) is 1.42. The third-order valence-electron chi connectivity index (χ3n) is 6.47. The first-order chi connectivity index (χ1) is 12.2. The molecule has 3 N–H and O–H groups in total. The van der Waals surface area contributed by atoms with Gasteiger partial charge in [0, 0.05) is 53.6 Å². The summed E-state index contributed by atoms with van der Waals surface area (Å²) in [7, 11) is 0. The molecule has 5 rings (SSSR count). The van der Waals surface area contributed by atoms with E-state index in [9.17, 15) is 4.79 Å². The Hall–Kier alpha value is -1.85. The standard InChI is InChI=1S/C20H26N4O/c1-12-6-7-18-14(10-12)19(23-22-18)20(25)24-9-8-17-15(11-24)13-4-2-3-5-16(13)21-17/h2-5,12,14,18-19,21-23H,6-11H2,1H3. The SMILES string of the molecule is CC1CCC2NNC(C(=O)N3CCc4[nH]c5ccccc5c4C3)C2C1. The third kappa shape index (κ3) is 2.49. The lowest BCUT2D eigenvalue weighted by molar-refractivity contribution is -0.135. The Kier molecular flexibility index (Phi) is 3.61. The molecule has 1 amide bonds. The summed E-state index contributed by atoms with van der Waals surface area (Å²) in [5.41, 5.74) is 10.5. The molecule has 2 fully saturated rings. The van der Waals surface area contributed by atoms with Crippen LogP contribution < -0.4 is 10.9 Å². The number of aromatic nitrogens is 1. The molecule has 0 bridgehead atoms. The van der Waals surface area contributed by atoms with Crippen LogP contribution in [0.3, 0.4) is 0 Å². The summed E-state index contributed by atoms with van der Waals surface area (Å²) in [4.78, 5) is 18.8. The van der Waals surface area contributed by atoms with Crippen molar-refractivity contribution in [2.24, 2.45) is 11.8 Å². The second kappa shape index (κ2) is 5.85. The van der Waals surface area contributed by atoms with Crippen LogP contribution in [0, 0.1) is 11.8 Å². The Balaban J connectivity index is 1.38. The van der Waals surface area contributed by atoms with Crippen LogP contribution in [0.15, 0.2) is 24.3 Å². The summed E-state index contributed by atoms with van der Waals surface area (Å²) >= 11 is 0. The number of amides is 1. The molecule has 5 nitrogen and oxygen atoms in total. The van der Waals surface area contributed by atoms with Gasteiger partial charge in [0.15, 0.2) is 0 Å². The number of para-hydroxylation sites is 1. The minimum absolute atomic E-state index is 0.0699. The Bertz CT molecular complexity index is 813. The lowest BCUT2D eigenvalue weighted by Gasteiger charge is -2.34. The van der Waals surface area contributed by atoms with Gasteiger partial charge in [-0.3, -0.25) is 10.2 Å². The van der Waals surface area contributed by atoms with Crippen molar-refractivity contribution >= 4 is 16.8 Å². The van der Waals surface area contributed by atoms with Crippen LogP contribution in [-0.4, -0.2) is 34.4 Å². The predicted molar refractivity (Wildman–Crippen MR) is 97.8 cm³/mol. The number of carbonyl (C=O) groups is 1. The number of H-pyrrole nitrogens is 1. The van der Waals surface area contributed by atoms with Crippen molar-refractivity contribution in [2.45, 2.75) is 51.2 Å². The predicted octanol–water partition coefficient (Wildman–Crippen LogP) is 2.33. The van der Waals surface area contributed by atoms with E-state index in [0.717, 1.165) is 31.8 Å². The van der Waals surface area contributed by atoms with Crippen molar-refractivity contribution in [2.75, 3.05) is 6.54 Å². The molecule has 4 atom stereocenters.